The van der Waals surface area contributed by atoms with E-state index >= 15 is 0 Å². The highest BCUT2D eigenvalue weighted by molar-refractivity contribution is 9.10. The largest absolute Gasteiger partial charge is 0.316 e. The van der Waals surface area contributed by atoms with Crippen molar-refractivity contribution in [2.45, 2.75) is 24.2 Å². The molecule has 0 amide bonds. The third-order valence-corrected chi connectivity index (χ3v) is 5.40. The Labute approximate surface area is 121 Å². The molecule has 0 bridgehead atoms. The molecule has 1 aliphatic rings. The van der Waals surface area contributed by atoms with Crippen LogP contribution in [0.25, 0.3) is 0 Å². The Balaban J connectivity index is 2.24. The summed E-state index contributed by atoms with van der Waals surface area (Å²) in [5.74, 6) is -0.181. The smallest absolute Gasteiger partial charge is 0.179 e. The van der Waals surface area contributed by atoms with Crippen molar-refractivity contribution in [3.8, 4) is 0 Å². The molecule has 1 aromatic rings. The summed E-state index contributed by atoms with van der Waals surface area (Å²) in [6.07, 6.45) is 4.04. The fourth-order valence-corrected chi connectivity index (χ4v) is 4.71. The van der Waals surface area contributed by atoms with E-state index in [0.29, 0.717) is 10.4 Å². The van der Waals surface area contributed by atoms with Crippen LogP contribution in [0.5, 0.6) is 0 Å². The molecule has 0 spiro atoms. The number of piperidine rings is 1. The predicted octanol–water partition coefficient (Wildman–Crippen LogP) is 2.53. The van der Waals surface area contributed by atoms with Crippen LogP contribution in [0.1, 0.15) is 18.4 Å². The molecule has 3 nitrogen and oxygen atoms in total. The van der Waals surface area contributed by atoms with Crippen LogP contribution in [0, 0.1) is 11.7 Å². The van der Waals surface area contributed by atoms with E-state index < -0.39 is 15.7 Å². The first-order valence-electron chi connectivity index (χ1n) is 6.26. The lowest BCUT2D eigenvalue weighted by Crippen LogP contribution is -2.30. The molecule has 0 saturated carbocycles. The minimum Gasteiger partial charge on any atom is -0.316 e. The molecule has 0 radical (unpaired) electrons. The van der Waals surface area contributed by atoms with Crippen LogP contribution in [-0.2, 0) is 16.3 Å². The van der Waals surface area contributed by atoms with Crippen molar-refractivity contribution in [1.82, 2.24) is 5.32 Å². The van der Waals surface area contributed by atoms with E-state index in [4.69, 9.17) is 0 Å². The highest BCUT2D eigenvalue weighted by atomic mass is 79.9. The van der Waals surface area contributed by atoms with Gasteiger partial charge in [0.1, 0.15) is 10.7 Å². The molecule has 6 heteroatoms. The average Bonchev–Trinajstić information content (AvgIpc) is 2.27. The van der Waals surface area contributed by atoms with Gasteiger partial charge in [0.05, 0.1) is 0 Å². The lowest BCUT2D eigenvalue weighted by atomic mass is 9.92. The summed E-state index contributed by atoms with van der Waals surface area (Å²) in [7, 11) is -3.55. The molecular formula is C13H17BrFNO2S. The molecule has 1 fully saturated rings. The standard InChI is InChI=1S/C13H17BrFNO2S/c1-19(17,18)13-11(14)6-10(7-12(13)15)5-9-3-2-4-16-8-9/h6-7,9,16H,2-5,8H2,1H3. The van der Waals surface area contributed by atoms with Crippen molar-refractivity contribution < 1.29 is 12.8 Å². The highest BCUT2D eigenvalue weighted by Crippen LogP contribution is 2.28. The van der Waals surface area contributed by atoms with Crippen LogP contribution in [0.4, 0.5) is 4.39 Å². The SMILES string of the molecule is CS(=O)(=O)c1c(F)cc(CC2CCCNC2)cc1Br. The summed E-state index contributed by atoms with van der Waals surface area (Å²) in [5.41, 5.74) is 0.838. The number of benzene rings is 1. The van der Waals surface area contributed by atoms with Gasteiger partial charge < -0.3 is 5.32 Å². The first-order chi connectivity index (χ1) is 8.88. The summed E-state index contributed by atoms with van der Waals surface area (Å²) in [6.45, 7) is 1.98. The van der Waals surface area contributed by atoms with Crippen LogP contribution < -0.4 is 5.32 Å². The summed E-state index contributed by atoms with van der Waals surface area (Å²) >= 11 is 3.16. The second-order valence-electron chi connectivity index (χ2n) is 5.08. The van der Waals surface area contributed by atoms with Gasteiger partial charge in [-0.25, -0.2) is 12.8 Å². The van der Waals surface area contributed by atoms with Crippen molar-refractivity contribution in [2.24, 2.45) is 5.92 Å². The first kappa shape index (κ1) is 14.9. The van der Waals surface area contributed by atoms with Gasteiger partial charge in [0.25, 0.3) is 0 Å². The maximum atomic E-state index is 13.9. The molecule has 2 rings (SSSR count). The maximum Gasteiger partial charge on any atom is 0.179 e. The highest BCUT2D eigenvalue weighted by Gasteiger charge is 2.20. The third-order valence-electron chi connectivity index (χ3n) is 3.35. The third kappa shape index (κ3) is 3.77. The Morgan fingerprint density at radius 2 is 2.21 bits per heavy atom. The van der Waals surface area contributed by atoms with Crippen LogP contribution in [-0.4, -0.2) is 27.8 Å². The second kappa shape index (κ2) is 5.89. The number of halogens is 2. The van der Waals surface area contributed by atoms with Crippen LogP contribution in [0.2, 0.25) is 0 Å². The van der Waals surface area contributed by atoms with Gasteiger partial charge >= 0.3 is 0 Å². The predicted molar refractivity (Wildman–Crippen MR) is 76.5 cm³/mol. The average molecular weight is 350 g/mol. The molecule has 1 N–H and O–H groups in total. The minimum absolute atomic E-state index is 0.252. The van der Waals surface area contributed by atoms with Crippen molar-refractivity contribution in [2.75, 3.05) is 19.3 Å². The van der Waals surface area contributed by atoms with Gasteiger partial charge in [0.15, 0.2) is 9.84 Å². The van der Waals surface area contributed by atoms with E-state index in [1.807, 2.05) is 0 Å². The summed E-state index contributed by atoms with van der Waals surface area (Å²) in [6, 6.07) is 3.06. The van der Waals surface area contributed by atoms with Crippen LogP contribution >= 0.6 is 15.9 Å². The zero-order chi connectivity index (χ0) is 14.0. The second-order valence-corrected chi connectivity index (χ2v) is 7.88. The molecule has 1 atom stereocenters. The van der Waals surface area contributed by atoms with Gasteiger partial charge in [-0.1, -0.05) is 0 Å². The van der Waals surface area contributed by atoms with Crippen LogP contribution in [0.3, 0.4) is 0 Å². The van der Waals surface area contributed by atoms with Gasteiger partial charge in [-0.2, -0.15) is 0 Å². The van der Waals surface area contributed by atoms with Crippen molar-refractivity contribution in [1.29, 1.82) is 0 Å². The van der Waals surface area contributed by atoms with E-state index in [0.717, 1.165) is 44.2 Å². The van der Waals surface area contributed by atoms with Crippen molar-refractivity contribution in [3.05, 3.63) is 28.0 Å². The normalized spacial score (nSPS) is 20.5. The Morgan fingerprint density at radius 1 is 1.47 bits per heavy atom. The number of hydrogen-bond acceptors (Lipinski definition) is 3. The fraction of sp³-hybridized carbons (Fsp3) is 0.538. The van der Waals surface area contributed by atoms with E-state index in [1.54, 1.807) is 6.07 Å². The molecule has 1 heterocycles. The molecule has 1 saturated heterocycles. The Hall–Kier alpha value is -0.460. The Morgan fingerprint density at radius 3 is 2.74 bits per heavy atom. The number of hydrogen-bond donors (Lipinski definition) is 1. The van der Waals surface area contributed by atoms with E-state index in [1.165, 1.54) is 6.07 Å². The van der Waals surface area contributed by atoms with E-state index in [-0.39, 0.29) is 4.90 Å². The van der Waals surface area contributed by atoms with Gasteiger partial charge in [-0.05, 0) is 71.9 Å². The van der Waals surface area contributed by atoms with Gasteiger partial charge in [-0.15, -0.1) is 0 Å². The number of nitrogens with one attached hydrogen (secondary N) is 1. The summed E-state index contributed by atoms with van der Waals surface area (Å²) in [4.78, 5) is -0.252. The van der Waals surface area contributed by atoms with Crippen LogP contribution in [0.15, 0.2) is 21.5 Å². The lowest BCUT2D eigenvalue weighted by Gasteiger charge is -2.23. The van der Waals surface area contributed by atoms with Gasteiger partial charge in [0, 0.05) is 10.7 Å². The zero-order valence-corrected chi connectivity index (χ0v) is 13.2. The zero-order valence-electron chi connectivity index (χ0n) is 10.7. The number of sulfone groups is 1. The lowest BCUT2D eigenvalue weighted by molar-refractivity contribution is 0.375. The topological polar surface area (TPSA) is 46.2 Å². The Kier molecular flexibility index (Phi) is 4.63. The van der Waals surface area contributed by atoms with Crippen molar-refractivity contribution >= 4 is 25.8 Å². The quantitative estimate of drug-likeness (QED) is 0.911. The van der Waals surface area contributed by atoms with E-state index in [9.17, 15) is 12.8 Å². The first-order valence-corrected chi connectivity index (χ1v) is 8.95. The molecule has 0 aliphatic carbocycles. The Bertz CT molecular complexity index is 545. The van der Waals surface area contributed by atoms with Gasteiger partial charge in [-0.3, -0.25) is 0 Å². The molecule has 1 aliphatic heterocycles. The fourth-order valence-electron chi connectivity index (χ4n) is 2.52. The monoisotopic (exact) mass is 349 g/mol. The number of rotatable bonds is 3. The molecule has 19 heavy (non-hydrogen) atoms. The summed E-state index contributed by atoms with van der Waals surface area (Å²) in [5, 5.41) is 3.32. The molecule has 106 valence electrons. The summed E-state index contributed by atoms with van der Waals surface area (Å²) < 4.78 is 37.2. The van der Waals surface area contributed by atoms with Gasteiger partial charge in [0.2, 0.25) is 0 Å². The molecular weight excluding hydrogens is 333 g/mol. The molecule has 0 aromatic heterocycles. The molecule has 1 unspecified atom stereocenters. The van der Waals surface area contributed by atoms with E-state index in [2.05, 4.69) is 21.2 Å². The van der Waals surface area contributed by atoms with Crippen molar-refractivity contribution in [3.63, 3.8) is 0 Å². The molecule has 1 aromatic carbocycles. The maximum absolute atomic E-state index is 13.9. The minimum atomic E-state index is -3.55.